The van der Waals surface area contributed by atoms with E-state index in [1.165, 1.54) is 6.92 Å². The highest BCUT2D eigenvalue weighted by atomic mass is 127. The van der Waals surface area contributed by atoms with E-state index in [9.17, 15) is 13.2 Å². The van der Waals surface area contributed by atoms with Crippen LogP contribution in [-0.2, 0) is 33.3 Å². The van der Waals surface area contributed by atoms with Crippen LogP contribution in [0, 0.1) is 0 Å². The normalized spacial score (nSPS) is 37.8. The first kappa shape index (κ1) is 18.5. The summed E-state index contributed by atoms with van der Waals surface area (Å²) in [6.07, 6.45) is -1.69. The maximum atomic E-state index is 11.5. The smallest absolute Gasteiger partial charge is 0.264 e. The number of hydrogen-bond donors (Lipinski definition) is 0. The third-order valence-electron chi connectivity index (χ3n) is 3.50. The van der Waals surface area contributed by atoms with Gasteiger partial charge in [0.2, 0.25) is 0 Å². The Hall–Kier alpha value is 0.190. The van der Waals surface area contributed by atoms with Crippen LogP contribution in [0.3, 0.4) is 0 Å². The molecule has 2 rings (SSSR count). The maximum Gasteiger partial charge on any atom is 0.264 e. The number of Topliss-reactive ketones (excluding diaryl/α,β-unsaturated/α-hetero) is 1. The van der Waals surface area contributed by atoms with Gasteiger partial charge >= 0.3 is 0 Å². The van der Waals surface area contributed by atoms with Crippen molar-refractivity contribution in [1.29, 1.82) is 0 Å². The second-order valence-electron chi connectivity index (χ2n) is 6.10. The molecule has 128 valence electrons. The van der Waals surface area contributed by atoms with Crippen molar-refractivity contribution in [3.05, 3.63) is 0 Å². The maximum absolute atomic E-state index is 11.5. The first-order valence-corrected chi connectivity index (χ1v) is 10.3. The fourth-order valence-corrected chi connectivity index (χ4v) is 4.19. The van der Waals surface area contributed by atoms with Crippen LogP contribution in [0.5, 0.6) is 0 Å². The van der Waals surface area contributed by atoms with Gasteiger partial charge in [0, 0.05) is 10.8 Å². The van der Waals surface area contributed by atoms with Crippen molar-refractivity contribution in [3.8, 4) is 0 Å². The molecule has 0 N–H and O–H groups in total. The second-order valence-corrected chi connectivity index (χ2v) is 8.58. The molecule has 0 aromatic rings. The van der Waals surface area contributed by atoms with E-state index in [4.69, 9.17) is 18.4 Å². The number of rotatable bonds is 5. The summed E-state index contributed by atoms with van der Waals surface area (Å²) in [7, 11) is -3.67. The van der Waals surface area contributed by atoms with E-state index in [-0.39, 0.29) is 12.2 Å². The molecule has 0 saturated carbocycles. The Morgan fingerprint density at radius 2 is 1.82 bits per heavy atom. The van der Waals surface area contributed by atoms with Crippen molar-refractivity contribution in [1.82, 2.24) is 0 Å². The average Bonchev–Trinajstić information content (AvgIpc) is 2.66. The van der Waals surface area contributed by atoms with Crippen LogP contribution in [0.4, 0.5) is 0 Å². The molecule has 22 heavy (non-hydrogen) atoms. The van der Waals surface area contributed by atoms with Gasteiger partial charge in [-0.05, 0) is 20.8 Å². The molecule has 0 unspecified atom stereocenters. The molecule has 0 aliphatic carbocycles. The molecule has 0 aromatic heterocycles. The number of carbonyl (C=O) groups excluding carboxylic acids is 1. The standard InChI is InChI=1S/C13H21IO7S/c1-7(15)5-8-10-12(20-13(2,3)19-10)11(9(6-14)18-8)21-22(4,16)17/h8-12H,5-6H2,1-4H3/t8-,9-,10-,11-,12-/m1/s1. The Labute approximate surface area is 144 Å². The van der Waals surface area contributed by atoms with Crippen LogP contribution < -0.4 is 0 Å². The minimum Gasteiger partial charge on any atom is -0.368 e. The number of ketones is 1. The van der Waals surface area contributed by atoms with E-state index in [1.54, 1.807) is 13.8 Å². The van der Waals surface area contributed by atoms with E-state index in [0.29, 0.717) is 4.43 Å². The highest BCUT2D eigenvalue weighted by Crippen LogP contribution is 2.40. The summed E-state index contributed by atoms with van der Waals surface area (Å²) >= 11 is 2.10. The molecule has 9 heteroatoms. The zero-order valence-electron chi connectivity index (χ0n) is 12.9. The third-order valence-corrected chi connectivity index (χ3v) is 4.94. The molecule has 0 amide bonds. The minimum atomic E-state index is -3.67. The number of hydrogen-bond acceptors (Lipinski definition) is 7. The Morgan fingerprint density at radius 3 is 2.32 bits per heavy atom. The number of halogens is 1. The summed E-state index contributed by atoms with van der Waals surface area (Å²) in [6.45, 7) is 4.97. The molecule has 0 radical (unpaired) electrons. The summed E-state index contributed by atoms with van der Waals surface area (Å²) in [6, 6.07) is 0. The quantitative estimate of drug-likeness (QED) is 0.353. The summed E-state index contributed by atoms with van der Waals surface area (Å²) in [5, 5.41) is 0. The van der Waals surface area contributed by atoms with Crippen LogP contribution in [-0.4, -0.2) is 61.2 Å². The van der Waals surface area contributed by atoms with Gasteiger partial charge in [-0.15, -0.1) is 0 Å². The zero-order chi connectivity index (χ0) is 16.7. The lowest BCUT2D eigenvalue weighted by atomic mass is 9.93. The Bertz CT molecular complexity index is 533. The fourth-order valence-electron chi connectivity index (χ4n) is 2.84. The van der Waals surface area contributed by atoms with Gasteiger partial charge in [-0.25, -0.2) is 0 Å². The predicted octanol–water partition coefficient (Wildman–Crippen LogP) is 1.03. The van der Waals surface area contributed by atoms with Gasteiger partial charge in [0.15, 0.2) is 5.79 Å². The van der Waals surface area contributed by atoms with Gasteiger partial charge in [-0.2, -0.15) is 8.42 Å². The van der Waals surface area contributed by atoms with Crippen LogP contribution in [0.25, 0.3) is 0 Å². The largest absolute Gasteiger partial charge is 0.368 e. The Balaban J connectivity index is 2.30. The molecule has 2 aliphatic rings. The van der Waals surface area contributed by atoms with Gasteiger partial charge in [-0.1, -0.05) is 22.6 Å². The molecule has 2 heterocycles. The predicted molar refractivity (Wildman–Crippen MR) is 86.4 cm³/mol. The van der Waals surface area contributed by atoms with Crippen molar-refractivity contribution in [2.45, 2.75) is 63.5 Å². The molecule has 0 bridgehead atoms. The van der Waals surface area contributed by atoms with Crippen LogP contribution in [0.1, 0.15) is 27.2 Å². The van der Waals surface area contributed by atoms with Crippen LogP contribution in [0.15, 0.2) is 0 Å². The van der Waals surface area contributed by atoms with E-state index >= 15 is 0 Å². The lowest BCUT2D eigenvalue weighted by Crippen LogP contribution is -2.58. The van der Waals surface area contributed by atoms with Crippen LogP contribution >= 0.6 is 22.6 Å². The van der Waals surface area contributed by atoms with E-state index in [2.05, 4.69) is 22.6 Å². The lowest BCUT2D eigenvalue weighted by Gasteiger charge is -2.40. The molecule has 2 saturated heterocycles. The van der Waals surface area contributed by atoms with E-state index in [0.717, 1.165) is 6.26 Å². The highest BCUT2D eigenvalue weighted by molar-refractivity contribution is 14.1. The third kappa shape index (κ3) is 4.38. The molecule has 2 fully saturated rings. The number of carbonyl (C=O) groups is 1. The molecule has 2 aliphatic heterocycles. The van der Waals surface area contributed by atoms with Gasteiger partial charge < -0.3 is 14.2 Å². The van der Waals surface area contributed by atoms with Crippen molar-refractivity contribution < 1.29 is 31.6 Å². The molecular weight excluding hydrogens is 427 g/mol. The van der Waals surface area contributed by atoms with Crippen molar-refractivity contribution in [3.63, 3.8) is 0 Å². The summed E-state index contributed by atoms with van der Waals surface area (Å²) in [5.41, 5.74) is 0. The van der Waals surface area contributed by atoms with Gasteiger partial charge in [0.25, 0.3) is 10.1 Å². The molecule has 0 aromatic carbocycles. The first-order chi connectivity index (χ1) is 10.0. The van der Waals surface area contributed by atoms with Crippen molar-refractivity contribution in [2.24, 2.45) is 0 Å². The monoisotopic (exact) mass is 448 g/mol. The van der Waals surface area contributed by atoms with Crippen LogP contribution in [0.2, 0.25) is 0 Å². The Kier molecular flexibility index (Phi) is 5.55. The van der Waals surface area contributed by atoms with Gasteiger partial charge in [0.1, 0.15) is 24.1 Å². The fraction of sp³-hybridized carbons (Fsp3) is 0.923. The highest BCUT2D eigenvalue weighted by Gasteiger charge is 2.56. The second kappa shape index (κ2) is 6.60. The summed E-state index contributed by atoms with van der Waals surface area (Å²) in [4.78, 5) is 11.5. The zero-order valence-corrected chi connectivity index (χ0v) is 15.9. The molecule has 7 nitrogen and oxygen atoms in total. The molecular formula is C13H21IO7S. The lowest BCUT2D eigenvalue weighted by molar-refractivity contribution is -0.173. The first-order valence-electron chi connectivity index (χ1n) is 6.97. The number of fused-ring (bicyclic) bond motifs is 1. The topological polar surface area (TPSA) is 88.1 Å². The van der Waals surface area contributed by atoms with E-state index in [1.807, 2.05) is 0 Å². The SMILES string of the molecule is CC(=O)C[C@H]1O[C@H](CI)[C@@H](OS(C)(=O)=O)[C@@H]2OC(C)(C)O[C@@H]21. The molecule has 0 spiro atoms. The van der Waals surface area contributed by atoms with Gasteiger partial charge in [0.05, 0.1) is 18.5 Å². The van der Waals surface area contributed by atoms with E-state index < -0.39 is 46.4 Å². The summed E-state index contributed by atoms with van der Waals surface area (Å²) in [5.74, 6) is -0.903. The average molecular weight is 448 g/mol. The molecule has 5 atom stereocenters. The Morgan fingerprint density at radius 1 is 1.23 bits per heavy atom. The minimum absolute atomic E-state index is 0.0215. The van der Waals surface area contributed by atoms with Gasteiger partial charge in [-0.3, -0.25) is 8.98 Å². The number of ether oxygens (including phenoxy) is 3. The van der Waals surface area contributed by atoms with Crippen molar-refractivity contribution in [2.75, 3.05) is 10.7 Å². The van der Waals surface area contributed by atoms with Crippen molar-refractivity contribution >= 4 is 38.5 Å². The number of alkyl halides is 1. The summed E-state index contributed by atoms with van der Waals surface area (Å²) < 4.78 is 46.4.